The third-order valence-electron chi connectivity index (χ3n) is 4.12. The van der Waals surface area contributed by atoms with Crippen LogP contribution in [0.25, 0.3) is 0 Å². The number of hydrogen-bond acceptors (Lipinski definition) is 2. The van der Waals surface area contributed by atoms with Gasteiger partial charge in [0.1, 0.15) is 0 Å². The number of hydrogen-bond donors (Lipinski definition) is 2. The first kappa shape index (κ1) is 14.1. The van der Waals surface area contributed by atoms with E-state index in [1.165, 1.54) is 6.42 Å². The van der Waals surface area contributed by atoms with Crippen molar-refractivity contribution in [1.82, 2.24) is 0 Å². The summed E-state index contributed by atoms with van der Waals surface area (Å²) in [6.45, 7) is 2.23. The summed E-state index contributed by atoms with van der Waals surface area (Å²) in [4.78, 5) is 12.3. The minimum absolute atomic E-state index is 0.141. The summed E-state index contributed by atoms with van der Waals surface area (Å²) in [6.07, 6.45) is 6.19. The van der Waals surface area contributed by atoms with E-state index in [2.05, 4.69) is 12.2 Å². The average Bonchev–Trinajstić information content (AvgIpc) is 2.42. The van der Waals surface area contributed by atoms with Gasteiger partial charge in [-0.1, -0.05) is 38.3 Å². The first-order valence-electron chi connectivity index (χ1n) is 7.15. The lowest BCUT2D eigenvalue weighted by atomic mass is 9.75. The first-order chi connectivity index (χ1) is 9.14. The fraction of sp³-hybridized carbons (Fsp3) is 0.562. The standard InChI is InChI=1S/C16H23NO2/c1-16(10-3-2-4-11-16)15(19)17-14-7-5-13(6-8-14)9-12-18/h5-8,18H,2-4,9-12H2,1H3,(H,17,19). The summed E-state index contributed by atoms with van der Waals surface area (Å²) in [5.74, 6) is 0.141. The number of carbonyl (C=O) groups excluding carboxylic acids is 1. The lowest BCUT2D eigenvalue weighted by Crippen LogP contribution is -2.35. The maximum absolute atomic E-state index is 12.3. The van der Waals surface area contributed by atoms with Gasteiger partial charge in [0.2, 0.25) is 5.91 Å². The van der Waals surface area contributed by atoms with Crippen molar-refractivity contribution < 1.29 is 9.90 Å². The molecule has 0 spiro atoms. The van der Waals surface area contributed by atoms with Crippen molar-refractivity contribution in [3.63, 3.8) is 0 Å². The second-order valence-electron chi connectivity index (χ2n) is 5.75. The molecule has 0 aromatic heterocycles. The second-order valence-corrected chi connectivity index (χ2v) is 5.75. The quantitative estimate of drug-likeness (QED) is 0.874. The van der Waals surface area contributed by atoms with Crippen molar-refractivity contribution in [3.05, 3.63) is 29.8 Å². The number of rotatable bonds is 4. The van der Waals surface area contributed by atoms with E-state index in [0.717, 1.165) is 36.9 Å². The molecule has 19 heavy (non-hydrogen) atoms. The summed E-state index contributed by atoms with van der Waals surface area (Å²) < 4.78 is 0. The molecule has 1 amide bonds. The van der Waals surface area contributed by atoms with Gasteiger partial charge in [0.05, 0.1) is 0 Å². The van der Waals surface area contributed by atoms with Crippen LogP contribution in [0.2, 0.25) is 0 Å². The highest BCUT2D eigenvalue weighted by Crippen LogP contribution is 2.36. The second kappa shape index (κ2) is 6.20. The van der Waals surface area contributed by atoms with Crippen LogP contribution in [0.1, 0.15) is 44.6 Å². The van der Waals surface area contributed by atoms with E-state index in [1.807, 2.05) is 24.3 Å². The average molecular weight is 261 g/mol. The van der Waals surface area contributed by atoms with Gasteiger partial charge in [-0.15, -0.1) is 0 Å². The fourth-order valence-corrected chi connectivity index (χ4v) is 2.72. The Morgan fingerprint density at radius 1 is 1.21 bits per heavy atom. The van der Waals surface area contributed by atoms with E-state index in [1.54, 1.807) is 0 Å². The first-order valence-corrected chi connectivity index (χ1v) is 7.15. The van der Waals surface area contributed by atoms with E-state index >= 15 is 0 Å². The number of aliphatic hydroxyl groups excluding tert-OH is 1. The highest BCUT2D eigenvalue weighted by molar-refractivity contribution is 5.95. The Kier molecular flexibility index (Phi) is 4.59. The number of nitrogens with one attached hydrogen (secondary N) is 1. The SMILES string of the molecule is CC1(C(=O)Nc2ccc(CCO)cc2)CCCCC1. The van der Waals surface area contributed by atoms with Crippen LogP contribution in [0.3, 0.4) is 0 Å². The summed E-state index contributed by atoms with van der Waals surface area (Å²) in [6, 6.07) is 7.73. The summed E-state index contributed by atoms with van der Waals surface area (Å²) >= 11 is 0. The lowest BCUT2D eigenvalue weighted by molar-refractivity contribution is -0.126. The van der Waals surface area contributed by atoms with Gasteiger partial charge >= 0.3 is 0 Å². The Labute approximate surface area is 115 Å². The van der Waals surface area contributed by atoms with E-state index in [9.17, 15) is 4.79 Å². The summed E-state index contributed by atoms with van der Waals surface area (Å²) in [5, 5.41) is 11.9. The molecule has 0 unspecified atom stereocenters. The van der Waals surface area contributed by atoms with Gasteiger partial charge in [0.15, 0.2) is 0 Å². The van der Waals surface area contributed by atoms with Crippen LogP contribution < -0.4 is 5.32 Å². The molecule has 1 aromatic rings. The monoisotopic (exact) mass is 261 g/mol. The molecule has 1 aliphatic rings. The van der Waals surface area contributed by atoms with Crippen LogP contribution in [-0.2, 0) is 11.2 Å². The number of aliphatic hydroxyl groups is 1. The van der Waals surface area contributed by atoms with Gasteiger partial charge in [0.25, 0.3) is 0 Å². The maximum Gasteiger partial charge on any atom is 0.230 e. The smallest absolute Gasteiger partial charge is 0.230 e. The van der Waals surface area contributed by atoms with Crippen molar-refractivity contribution >= 4 is 11.6 Å². The van der Waals surface area contributed by atoms with E-state index in [-0.39, 0.29) is 17.9 Å². The third-order valence-corrected chi connectivity index (χ3v) is 4.12. The predicted octanol–water partition coefficient (Wildman–Crippen LogP) is 3.13. The lowest BCUT2D eigenvalue weighted by Gasteiger charge is -2.32. The number of benzene rings is 1. The van der Waals surface area contributed by atoms with Crippen molar-refractivity contribution in [2.75, 3.05) is 11.9 Å². The summed E-state index contributed by atoms with van der Waals surface area (Å²) in [7, 11) is 0. The van der Waals surface area contributed by atoms with Gasteiger partial charge < -0.3 is 10.4 Å². The predicted molar refractivity (Wildman–Crippen MR) is 77.1 cm³/mol. The zero-order chi connectivity index (χ0) is 13.7. The molecule has 0 bridgehead atoms. The molecule has 0 radical (unpaired) electrons. The van der Waals surface area contributed by atoms with Gasteiger partial charge in [-0.2, -0.15) is 0 Å². The van der Waals surface area contributed by atoms with Crippen LogP contribution in [0.4, 0.5) is 5.69 Å². The van der Waals surface area contributed by atoms with Gasteiger partial charge in [0, 0.05) is 17.7 Å². The van der Waals surface area contributed by atoms with E-state index < -0.39 is 0 Å². The molecule has 2 N–H and O–H groups in total. The molecule has 1 aromatic carbocycles. The highest BCUT2D eigenvalue weighted by atomic mass is 16.2. The molecule has 1 saturated carbocycles. The molecule has 3 nitrogen and oxygen atoms in total. The largest absolute Gasteiger partial charge is 0.396 e. The van der Waals surface area contributed by atoms with Crippen LogP contribution >= 0.6 is 0 Å². The zero-order valence-corrected chi connectivity index (χ0v) is 11.6. The molecule has 3 heteroatoms. The van der Waals surface area contributed by atoms with Gasteiger partial charge in [-0.05, 0) is 37.0 Å². The molecule has 0 aliphatic heterocycles. The van der Waals surface area contributed by atoms with Crippen molar-refractivity contribution in [2.45, 2.75) is 45.4 Å². The molecule has 0 heterocycles. The topological polar surface area (TPSA) is 49.3 Å². The maximum atomic E-state index is 12.3. The Morgan fingerprint density at radius 3 is 2.42 bits per heavy atom. The molecular weight excluding hydrogens is 238 g/mol. The Morgan fingerprint density at radius 2 is 1.84 bits per heavy atom. The Hall–Kier alpha value is -1.35. The highest BCUT2D eigenvalue weighted by Gasteiger charge is 2.34. The molecular formula is C16H23NO2. The fourth-order valence-electron chi connectivity index (χ4n) is 2.72. The number of amides is 1. The van der Waals surface area contributed by atoms with Crippen molar-refractivity contribution in [1.29, 1.82) is 0 Å². The summed E-state index contributed by atoms with van der Waals surface area (Å²) in [5.41, 5.74) is 1.73. The number of anilines is 1. The van der Waals surface area contributed by atoms with Crippen molar-refractivity contribution in [2.24, 2.45) is 5.41 Å². The Bertz CT molecular complexity index is 419. The molecule has 2 rings (SSSR count). The third kappa shape index (κ3) is 3.57. The number of carbonyl (C=O) groups is 1. The van der Waals surface area contributed by atoms with Crippen LogP contribution in [0.5, 0.6) is 0 Å². The molecule has 0 atom stereocenters. The Balaban J connectivity index is 1.98. The van der Waals surface area contributed by atoms with E-state index in [0.29, 0.717) is 6.42 Å². The van der Waals surface area contributed by atoms with Gasteiger partial charge in [-0.25, -0.2) is 0 Å². The minimum atomic E-state index is -0.206. The van der Waals surface area contributed by atoms with Crippen molar-refractivity contribution in [3.8, 4) is 0 Å². The molecule has 1 aliphatic carbocycles. The normalized spacial score (nSPS) is 18.0. The minimum Gasteiger partial charge on any atom is -0.396 e. The molecule has 104 valence electrons. The van der Waals surface area contributed by atoms with Crippen LogP contribution in [0.15, 0.2) is 24.3 Å². The van der Waals surface area contributed by atoms with Crippen LogP contribution in [-0.4, -0.2) is 17.6 Å². The van der Waals surface area contributed by atoms with Crippen LogP contribution in [0, 0.1) is 5.41 Å². The zero-order valence-electron chi connectivity index (χ0n) is 11.6. The van der Waals surface area contributed by atoms with E-state index in [4.69, 9.17) is 5.11 Å². The molecule has 1 fully saturated rings. The molecule has 0 saturated heterocycles. The van der Waals surface area contributed by atoms with Gasteiger partial charge in [-0.3, -0.25) is 4.79 Å².